The molecule has 0 fully saturated rings. The Morgan fingerprint density at radius 1 is 1.04 bits per heavy atom. The van der Waals surface area contributed by atoms with Gasteiger partial charge >= 0.3 is 0 Å². The minimum Gasteiger partial charge on any atom is -0.281 e. The van der Waals surface area contributed by atoms with Gasteiger partial charge in [0.15, 0.2) is 5.82 Å². The van der Waals surface area contributed by atoms with Crippen LogP contribution in [0.25, 0.3) is 5.69 Å². The van der Waals surface area contributed by atoms with Gasteiger partial charge in [0.1, 0.15) is 23.5 Å². The summed E-state index contributed by atoms with van der Waals surface area (Å²) in [5.41, 5.74) is -0.683. The van der Waals surface area contributed by atoms with Crippen molar-refractivity contribution in [2.75, 3.05) is 0 Å². The first-order valence-corrected chi connectivity index (χ1v) is 8.74. The van der Waals surface area contributed by atoms with Gasteiger partial charge in [0, 0.05) is 11.1 Å². The third kappa shape index (κ3) is 2.71. The summed E-state index contributed by atoms with van der Waals surface area (Å²) in [6.45, 7) is 3.35. The zero-order chi connectivity index (χ0) is 20.2. The maximum atomic E-state index is 14.6. The van der Waals surface area contributed by atoms with Gasteiger partial charge < -0.3 is 0 Å². The van der Waals surface area contributed by atoms with Crippen molar-refractivity contribution >= 4 is 17.3 Å². The monoisotopic (exact) mass is 408 g/mol. The van der Waals surface area contributed by atoms with E-state index >= 15 is 0 Å². The van der Waals surface area contributed by atoms with Gasteiger partial charge in [0.2, 0.25) is 0 Å². The molecular formula is C19H13ClF4N4. The molecule has 0 amide bonds. The Morgan fingerprint density at radius 2 is 1.71 bits per heavy atom. The number of benzene rings is 2. The molecule has 2 aromatic carbocycles. The predicted octanol–water partition coefficient (Wildman–Crippen LogP) is 5.36. The molecule has 0 unspecified atom stereocenters. The standard InChI is InChI=1S/C19H13ClF4N4/c1-8-19-27-26-9(2)28(19)13-7-6-10(18(23)24)16(20)15(13)17(25-8)14-11(21)4-3-5-12(14)22/h3-8,18H,1-2H3/t8-/m0/s1. The summed E-state index contributed by atoms with van der Waals surface area (Å²) in [6.07, 6.45) is -2.87. The highest BCUT2D eigenvalue weighted by Gasteiger charge is 2.32. The van der Waals surface area contributed by atoms with Crippen LogP contribution in [0.4, 0.5) is 17.6 Å². The van der Waals surface area contributed by atoms with Gasteiger partial charge in [-0.05, 0) is 38.1 Å². The third-order valence-electron chi connectivity index (χ3n) is 4.61. The van der Waals surface area contributed by atoms with Gasteiger partial charge in [-0.15, -0.1) is 10.2 Å². The van der Waals surface area contributed by atoms with Crippen molar-refractivity contribution in [1.29, 1.82) is 0 Å². The van der Waals surface area contributed by atoms with Crippen LogP contribution in [-0.4, -0.2) is 20.5 Å². The van der Waals surface area contributed by atoms with E-state index in [1.165, 1.54) is 18.2 Å². The van der Waals surface area contributed by atoms with Crippen LogP contribution in [0.1, 0.15) is 47.7 Å². The molecule has 144 valence electrons. The van der Waals surface area contributed by atoms with E-state index in [-0.39, 0.29) is 16.3 Å². The molecule has 0 radical (unpaired) electrons. The second-order valence-corrected chi connectivity index (χ2v) is 6.73. The summed E-state index contributed by atoms with van der Waals surface area (Å²) in [5.74, 6) is -0.865. The Kier molecular flexibility index (Phi) is 4.45. The highest BCUT2D eigenvalue weighted by atomic mass is 35.5. The first-order chi connectivity index (χ1) is 13.3. The summed E-state index contributed by atoms with van der Waals surface area (Å²) in [5, 5.41) is 7.78. The van der Waals surface area contributed by atoms with Crippen LogP contribution in [0.5, 0.6) is 0 Å². The van der Waals surface area contributed by atoms with E-state index in [4.69, 9.17) is 11.6 Å². The third-order valence-corrected chi connectivity index (χ3v) is 5.02. The average molecular weight is 409 g/mol. The fraction of sp³-hybridized carbons (Fsp3) is 0.211. The van der Waals surface area contributed by atoms with E-state index in [0.29, 0.717) is 17.3 Å². The SMILES string of the molecule is Cc1nnc2n1-c1ccc(C(F)F)c(Cl)c1C(c1c(F)cccc1F)=N[C@H]2C. The quantitative estimate of drug-likeness (QED) is 0.536. The highest BCUT2D eigenvalue weighted by molar-refractivity contribution is 6.37. The Balaban J connectivity index is 2.14. The summed E-state index contributed by atoms with van der Waals surface area (Å²) in [4.78, 5) is 4.41. The van der Waals surface area contributed by atoms with Crippen molar-refractivity contribution in [3.63, 3.8) is 0 Å². The molecule has 4 rings (SSSR count). The van der Waals surface area contributed by atoms with E-state index in [1.54, 1.807) is 18.4 Å². The normalized spacial score (nSPS) is 15.9. The van der Waals surface area contributed by atoms with Crippen LogP contribution < -0.4 is 0 Å². The number of aliphatic imine (C=N–C) groups is 1. The molecule has 9 heteroatoms. The van der Waals surface area contributed by atoms with Crippen molar-refractivity contribution < 1.29 is 17.6 Å². The number of aromatic nitrogens is 3. The summed E-state index contributed by atoms with van der Waals surface area (Å²) in [6, 6.07) is 5.31. The van der Waals surface area contributed by atoms with Crippen LogP contribution in [0.15, 0.2) is 35.3 Å². The smallest absolute Gasteiger partial charge is 0.265 e. The molecule has 0 spiro atoms. The molecule has 0 saturated carbocycles. The molecule has 1 atom stereocenters. The maximum Gasteiger partial charge on any atom is 0.265 e. The molecule has 0 N–H and O–H groups in total. The van der Waals surface area contributed by atoms with Crippen molar-refractivity contribution in [2.45, 2.75) is 26.3 Å². The van der Waals surface area contributed by atoms with Gasteiger partial charge in [-0.3, -0.25) is 9.56 Å². The Labute approximate surface area is 162 Å². The molecule has 1 aliphatic heterocycles. The molecular weight excluding hydrogens is 396 g/mol. The lowest BCUT2D eigenvalue weighted by atomic mass is 9.97. The van der Waals surface area contributed by atoms with Gasteiger partial charge in [-0.25, -0.2) is 17.6 Å². The topological polar surface area (TPSA) is 43.1 Å². The number of hydrogen-bond acceptors (Lipinski definition) is 3. The number of nitrogens with zero attached hydrogens (tertiary/aromatic N) is 4. The van der Waals surface area contributed by atoms with E-state index in [2.05, 4.69) is 15.2 Å². The summed E-state index contributed by atoms with van der Waals surface area (Å²) >= 11 is 6.32. The summed E-state index contributed by atoms with van der Waals surface area (Å²) in [7, 11) is 0. The Morgan fingerprint density at radius 3 is 2.36 bits per heavy atom. The van der Waals surface area contributed by atoms with Crippen molar-refractivity contribution in [2.24, 2.45) is 4.99 Å². The second kappa shape index (κ2) is 6.70. The number of alkyl halides is 2. The molecule has 0 aliphatic carbocycles. The zero-order valence-electron chi connectivity index (χ0n) is 14.7. The van der Waals surface area contributed by atoms with Crippen LogP contribution in [0, 0.1) is 18.6 Å². The van der Waals surface area contributed by atoms with Crippen molar-refractivity contribution in [3.8, 4) is 5.69 Å². The average Bonchev–Trinajstić information content (AvgIpc) is 2.95. The minimum absolute atomic E-state index is 0.0111. The number of rotatable bonds is 2. The molecule has 28 heavy (non-hydrogen) atoms. The zero-order valence-corrected chi connectivity index (χ0v) is 15.5. The van der Waals surface area contributed by atoms with E-state index in [0.717, 1.165) is 12.1 Å². The first-order valence-electron chi connectivity index (χ1n) is 8.36. The van der Waals surface area contributed by atoms with E-state index < -0.39 is 35.2 Å². The van der Waals surface area contributed by atoms with Crippen molar-refractivity contribution in [1.82, 2.24) is 14.8 Å². The fourth-order valence-corrected chi connectivity index (χ4v) is 3.67. The lowest BCUT2D eigenvalue weighted by Crippen LogP contribution is -2.13. The fourth-order valence-electron chi connectivity index (χ4n) is 3.34. The van der Waals surface area contributed by atoms with Gasteiger partial charge in [-0.2, -0.15) is 0 Å². The van der Waals surface area contributed by atoms with Crippen LogP contribution >= 0.6 is 11.6 Å². The van der Waals surface area contributed by atoms with Gasteiger partial charge in [0.25, 0.3) is 6.43 Å². The highest BCUT2D eigenvalue weighted by Crippen LogP contribution is 2.39. The molecule has 2 heterocycles. The Hall–Kier alpha value is -2.74. The lowest BCUT2D eigenvalue weighted by Gasteiger charge is -2.17. The lowest BCUT2D eigenvalue weighted by molar-refractivity contribution is 0.151. The van der Waals surface area contributed by atoms with Crippen LogP contribution in [-0.2, 0) is 0 Å². The van der Waals surface area contributed by atoms with E-state index in [9.17, 15) is 17.6 Å². The molecule has 1 aliphatic rings. The second-order valence-electron chi connectivity index (χ2n) is 6.35. The van der Waals surface area contributed by atoms with Crippen LogP contribution in [0.2, 0.25) is 5.02 Å². The number of hydrogen-bond donors (Lipinski definition) is 0. The maximum absolute atomic E-state index is 14.6. The predicted molar refractivity (Wildman–Crippen MR) is 96.5 cm³/mol. The molecule has 0 bridgehead atoms. The Bertz CT molecular complexity index is 1100. The molecule has 0 saturated heterocycles. The number of halogens is 5. The largest absolute Gasteiger partial charge is 0.281 e. The molecule has 4 nitrogen and oxygen atoms in total. The van der Waals surface area contributed by atoms with Gasteiger partial charge in [0.05, 0.1) is 22.0 Å². The van der Waals surface area contributed by atoms with Gasteiger partial charge in [-0.1, -0.05) is 17.7 Å². The van der Waals surface area contributed by atoms with Crippen molar-refractivity contribution in [3.05, 3.63) is 75.3 Å². The molecule has 1 aromatic heterocycles. The van der Waals surface area contributed by atoms with E-state index in [1.807, 2.05) is 0 Å². The van der Waals surface area contributed by atoms with Crippen LogP contribution in [0.3, 0.4) is 0 Å². The minimum atomic E-state index is -2.87. The number of aryl methyl sites for hydroxylation is 1. The summed E-state index contributed by atoms with van der Waals surface area (Å²) < 4.78 is 57.7. The number of fused-ring (bicyclic) bond motifs is 3. The molecule has 3 aromatic rings. The first kappa shape index (κ1) is 18.6.